The Morgan fingerprint density at radius 3 is 2.77 bits per heavy atom. The maximum Gasteiger partial charge on any atom is 0.252 e. The lowest BCUT2D eigenvalue weighted by Gasteiger charge is -2.13. The second-order valence-electron chi connectivity index (χ2n) is 6.87. The van der Waals surface area contributed by atoms with E-state index in [2.05, 4.69) is 15.6 Å². The van der Waals surface area contributed by atoms with Crippen LogP contribution in [0.3, 0.4) is 0 Å². The summed E-state index contributed by atoms with van der Waals surface area (Å²) in [6.07, 6.45) is 2.28. The molecule has 0 radical (unpaired) electrons. The van der Waals surface area contributed by atoms with Crippen molar-refractivity contribution < 1.29 is 22.7 Å². The Bertz CT molecular complexity index is 1050. The van der Waals surface area contributed by atoms with Crippen LogP contribution in [0.4, 0.5) is 5.69 Å². The van der Waals surface area contributed by atoms with Gasteiger partial charge < -0.3 is 15.4 Å². The Morgan fingerprint density at radius 2 is 2.10 bits per heavy atom. The van der Waals surface area contributed by atoms with Crippen LogP contribution in [0.25, 0.3) is 0 Å². The van der Waals surface area contributed by atoms with Gasteiger partial charge in [0.25, 0.3) is 5.91 Å². The van der Waals surface area contributed by atoms with Gasteiger partial charge in [0.15, 0.2) is 0 Å². The molecule has 1 saturated heterocycles. The maximum atomic E-state index is 12.5. The molecule has 0 saturated carbocycles. The van der Waals surface area contributed by atoms with E-state index in [1.165, 1.54) is 18.3 Å². The maximum absolute atomic E-state index is 12.5. The first kappa shape index (κ1) is 22.2. The van der Waals surface area contributed by atoms with E-state index in [9.17, 15) is 18.0 Å². The van der Waals surface area contributed by atoms with Crippen LogP contribution in [0, 0.1) is 5.92 Å². The smallest absolute Gasteiger partial charge is 0.252 e. The number of sulfonamides is 1. The number of nitrogens with zero attached hydrogens (tertiary/aromatic N) is 1. The monoisotopic (exact) mass is 452 g/mol. The highest BCUT2D eigenvalue weighted by Crippen LogP contribution is 2.21. The first-order chi connectivity index (χ1) is 14.2. The van der Waals surface area contributed by atoms with Crippen molar-refractivity contribution >= 4 is 39.1 Å². The van der Waals surface area contributed by atoms with Crippen molar-refractivity contribution in [1.82, 2.24) is 10.3 Å². The number of hydrogen-bond acceptors (Lipinski definition) is 6. The number of aromatic nitrogens is 1. The Kier molecular flexibility index (Phi) is 7.03. The van der Waals surface area contributed by atoms with Crippen molar-refractivity contribution in [3.8, 4) is 0 Å². The molecule has 0 bridgehead atoms. The summed E-state index contributed by atoms with van der Waals surface area (Å²) in [5.41, 5.74) is 0.615. The third-order valence-electron chi connectivity index (χ3n) is 4.58. The number of carbonyl (C=O) groups excluding carboxylic acids is 2. The van der Waals surface area contributed by atoms with Gasteiger partial charge in [-0.15, -0.1) is 0 Å². The molecule has 9 nitrogen and oxygen atoms in total. The number of benzene rings is 1. The normalized spacial score (nSPS) is 16.3. The third-order valence-corrected chi connectivity index (χ3v) is 5.87. The average Bonchev–Trinajstić information content (AvgIpc) is 3.21. The number of ether oxygens (including phenoxy) is 1. The van der Waals surface area contributed by atoms with Gasteiger partial charge in [0.2, 0.25) is 15.9 Å². The molecule has 0 aliphatic carbocycles. The molecule has 2 amide bonds. The molecule has 3 rings (SSSR count). The fourth-order valence-corrected chi connectivity index (χ4v) is 3.97. The molecular weight excluding hydrogens is 432 g/mol. The molecule has 2 aromatic rings. The first-order valence-electron chi connectivity index (χ1n) is 9.16. The molecule has 1 aromatic carbocycles. The van der Waals surface area contributed by atoms with Gasteiger partial charge in [-0.2, -0.15) is 0 Å². The lowest BCUT2D eigenvalue weighted by Crippen LogP contribution is -2.31. The van der Waals surface area contributed by atoms with Crippen molar-refractivity contribution in [2.45, 2.75) is 17.7 Å². The van der Waals surface area contributed by atoms with Crippen LogP contribution in [0.15, 0.2) is 41.4 Å². The molecule has 0 spiro atoms. The highest BCUT2D eigenvalue weighted by Gasteiger charge is 2.22. The largest absolute Gasteiger partial charge is 0.381 e. The van der Waals surface area contributed by atoms with Crippen LogP contribution < -0.4 is 15.8 Å². The minimum absolute atomic E-state index is 0.0525. The molecule has 1 aliphatic heterocycles. The van der Waals surface area contributed by atoms with Gasteiger partial charge in [-0.3, -0.25) is 9.59 Å². The third kappa shape index (κ3) is 5.76. The van der Waals surface area contributed by atoms with E-state index in [4.69, 9.17) is 21.5 Å². The molecule has 2 heterocycles. The highest BCUT2D eigenvalue weighted by atomic mass is 35.5. The zero-order valence-electron chi connectivity index (χ0n) is 15.9. The average molecular weight is 453 g/mol. The SMILES string of the molecule is NS(=O)(=O)c1cc(NC(=O)Cc2cccnc2Cl)ccc1C(=O)NCC1CCOC1. The number of carbonyl (C=O) groups is 2. The number of nitrogens with two attached hydrogens (primary N) is 1. The fourth-order valence-electron chi connectivity index (χ4n) is 3.03. The van der Waals surface area contributed by atoms with Gasteiger partial charge in [-0.1, -0.05) is 17.7 Å². The van der Waals surface area contributed by atoms with Gasteiger partial charge >= 0.3 is 0 Å². The molecule has 4 N–H and O–H groups in total. The van der Waals surface area contributed by atoms with Crippen molar-refractivity contribution in [3.05, 3.63) is 52.8 Å². The predicted octanol–water partition coefficient (Wildman–Crippen LogP) is 1.33. The van der Waals surface area contributed by atoms with Gasteiger partial charge in [-0.25, -0.2) is 18.5 Å². The van der Waals surface area contributed by atoms with Gasteiger partial charge in [0.05, 0.1) is 23.5 Å². The molecule has 1 fully saturated rings. The zero-order chi connectivity index (χ0) is 21.7. The van der Waals surface area contributed by atoms with Crippen LogP contribution >= 0.6 is 11.6 Å². The summed E-state index contributed by atoms with van der Waals surface area (Å²) in [5, 5.41) is 10.8. The summed E-state index contributed by atoms with van der Waals surface area (Å²) >= 11 is 5.95. The standard InChI is InChI=1S/C19H21ClN4O5S/c20-18-13(2-1-6-22-18)8-17(25)24-14-3-4-15(16(9-14)30(21,27)28)19(26)23-10-12-5-7-29-11-12/h1-4,6,9,12H,5,7-8,10-11H2,(H,23,26)(H,24,25)(H2,21,27,28). The number of hydrogen-bond donors (Lipinski definition) is 3. The van der Waals surface area contributed by atoms with Crippen molar-refractivity contribution in [2.24, 2.45) is 11.1 Å². The van der Waals surface area contributed by atoms with Crippen LogP contribution in [-0.2, 0) is 26.0 Å². The van der Waals surface area contributed by atoms with Crippen molar-refractivity contribution in [1.29, 1.82) is 0 Å². The van der Waals surface area contributed by atoms with E-state index >= 15 is 0 Å². The number of anilines is 1. The number of pyridine rings is 1. The molecule has 30 heavy (non-hydrogen) atoms. The zero-order valence-corrected chi connectivity index (χ0v) is 17.5. The summed E-state index contributed by atoms with van der Waals surface area (Å²) in [5.74, 6) is -0.806. The molecule has 1 unspecified atom stereocenters. The Balaban J connectivity index is 1.74. The number of halogens is 1. The van der Waals surface area contributed by atoms with E-state index in [0.29, 0.717) is 25.3 Å². The summed E-state index contributed by atoms with van der Waals surface area (Å²) < 4.78 is 29.3. The summed E-state index contributed by atoms with van der Waals surface area (Å²) in [6, 6.07) is 7.22. The molecule has 160 valence electrons. The molecule has 1 atom stereocenters. The Labute approximate surface area is 179 Å². The van der Waals surface area contributed by atoms with E-state index in [1.807, 2.05) is 0 Å². The number of primary sulfonamides is 1. The molecular formula is C19H21ClN4O5S. The summed E-state index contributed by atoms with van der Waals surface area (Å²) in [4.78, 5) is 28.3. The predicted molar refractivity (Wildman–Crippen MR) is 111 cm³/mol. The Hall–Kier alpha value is -2.53. The van der Waals surface area contributed by atoms with Gasteiger partial charge in [0.1, 0.15) is 5.15 Å². The number of nitrogens with one attached hydrogen (secondary N) is 2. The van der Waals surface area contributed by atoms with Crippen molar-refractivity contribution in [3.63, 3.8) is 0 Å². The molecule has 1 aromatic heterocycles. The topological polar surface area (TPSA) is 140 Å². The van der Waals surface area contributed by atoms with Crippen LogP contribution in [-0.4, -0.2) is 45.0 Å². The minimum atomic E-state index is -4.21. The second-order valence-corrected chi connectivity index (χ2v) is 8.76. The van der Waals surface area contributed by atoms with Crippen molar-refractivity contribution in [2.75, 3.05) is 25.1 Å². The first-order valence-corrected chi connectivity index (χ1v) is 11.1. The quantitative estimate of drug-likeness (QED) is 0.541. The lowest BCUT2D eigenvalue weighted by molar-refractivity contribution is -0.115. The van der Waals surface area contributed by atoms with E-state index in [-0.39, 0.29) is 33.6 Å². The molecule has 1 aliphatic rings. The van der Waals surface area contributed by atoms with E-state index in [1.54, 1.807) is 12.1 Å². The Morgan fingerprint density at radius 1 is 1.30 bits per heavy atom. The van der Waals surface area contributed by atoms with E-state index < -0.39 is 21.8 Å². The summed E-state index contributed by atoms with van der Waals surface area (Å²) in [7, 11) is -4.21. The van der Waals surface area contributed by atoms with Crippen LogP contribution in [0.5, 0.6) is 0 Å². The van der Waals surface area contributed by atoms with Gasteiger partial charge in [-0.05, 0) is 36.2 Å². The fraction of sp³-hybridized carbons (Fsp3) is 0.316. The highest BCUT2D eigenvalue weighted by molar-refractivity contribution is 7.89. The van der Waals surface area contributed by atoms with E-state index in [0.717, 1.165) is 12.5 Å². The number of amides is 2. The second kappa shape index (κ2) is 9.52. The lowest BCUT2D eigenvalue weighted by atomic mass is 10.1. The molecule has 11 heteroatoms. The van der Waals surface area contributed by atoms with Crippen LogP contribution in [0.2, 0.25) is 5.15 Å². The number of rotatable bonds is 7. The van der Waals surface area contributed by atoms with Gasteiger partial charge in [0, 0.05) is 31.0 Å². The minimum Gasteiger partial charge on any atom is -0.381 e. The van der Waals surface area contributed by atoms with Crippen LogP contribution in [0.1, 0.15) is 22.3 Å². The summed E-state index contributed by atoms with van der Waals surface area (Å²) in [6.45, 7) is 1.56.